The van der Waals surface area contributed by atoms with Gasteiger partial charge >= 0.3 is 6.18 Å². The molecule has 1 aliphatic heterocycles. The fourth-order valence-corrected chi connectivity index (χ4v) is 2.14. The Morgan fingerprint density at radius 2 is 1.56 bits per heavy atom. The van der Waals surface area contributed by atoms with Crippen molar-refractivity contribution in [1.29, 1.82) is 0 Å². The molecule has 0 N–H and O–H groups in total. The Labute approximate surface area is 95.4 Å². The highest BCUT2D eigenvalue weighted by atomic mass is 19.4. The fraction of sp³-hybridized carbons (Fsp3) is 1.00. The topological polar surface area (TPSA) is 6.48 Å². The van der Waals surface area contributed by atoms with Gasteiger partial charge in [-0.15, -0.1) is 0 Å². The van der Waals surface area contributed by atoms with Crippen LogP contribution in [0.3, 0.4) is 0 Å². The zero-order valence-corrected chi connectivity index (χ0v) is 10.1. The minimum absolute atomic E-state index is 0.534. The van der Waals surface area contributed by atoms with Gasteiger partial charge in [-0.3, -0.25) is 4.90 Å². The van der Waals surface area contributed by atoms with E-state index in [1.54, 1.807) is 0 Å². The normalized spacial score (nSPS) is 21.4. The predicted octanol–water partition coefficient (Wildman–Crippen LogP) is 2.21. The van der Waals surface area contributed by atoms with Crippen LogP contribution >= 0.6 is 0 Å². The minimum Gasteiger partial charge on any atom is -0.302 e. The van der Waals surface area contributed by atoms with Gasteiger partial charge in [-0.1, -0.05) is 13.8 Å². The van der Waals surface area contributed by atoms with Gasteiger partial charge in [-0.2, -0.15) is 13.2 Å². The average molecular weight is 238 g/mol. The van der Waals surface area contributed by atoms with Gasteiger partial charge in [0.15, 0.2) is 0 Å². The molecule has 1 aliphatic rings. The van der Waals surface area contributed by atoms with Crippen molar-refractivity contribution in [2.24, 2.45) is 5.92 Å². The van der Waals surface area contributed by atoms with Crippen LogP contribution in [0.15, 0.2) is 0 Å². The third kappa shape index (κ3) is 5.70. The summed E-state index contributed by atoms with van der Waals surface area (Å²) in [6, 6.07) is 0. The first kappa shape index (κ1) is 13.8. The average Bonchev–Trinajstić information content (AvgIpc) is 2.27. The van der Waals surface area contributed by atoms with Crippen LogP contribution in [0.4, 0.5) is 13.2 Å². The second-order valence-corrected chi connectivity index (χ2v) is 4.94. The van der Waals surface area contributed by atoms with Crippen molar-refractivity contribution < 1.29 is 13.2 Å². The molecule has 0 atom stereocenters. The van der Waals surface area contributed by atoms with Crippen LogP contribution in [0.25, 0.3) is 0 Å². The number of nitrogens with zero attached hydrogens (tertiary/aromatic N) is 2. The maximum Gasteiger partial charge on any atom is 0.401 e. The maximum atomic E-state index is 12.2. The van der Waals surface area contributed by atoms with Gasteiger partial charge in [0.2, 0.25) is 0 Å². The van der Waals surface area contributed by atoms with E-state index in [4.69, 9.17) is 0 Å². The zero-order valence-electron chi connectivity index (χ0n) is 10.1. The van der Waals surface area contributed by atoms with Gasteiger partial charge in [0.05, 0.1) is 6.54 Å². The van der Waals surface area contributed by atoms with Crippen molar-refractivity contribution in [2.45, 2.75) is 26.4 Å². The van der Waals surface area contributed by atoms with E-state index in [9.17, 15) is 13.2 Å². The predicted molar refractivity (Wildman–Crippen MR) is 58.4 cm³/mol. The molecular weight excluding hydrogens is 217 g/mol. The molecule has 1 saturated heterocycles. The Hall–Kier alpha value is -0.290. The zero-order chi connectivity index (χ0) is 12.2. The Morgan fingerprint density at radius 3 is 2.12 bits per heavy atom. The van der Waals surface area contributed by atoms with Gasteiger partial charge in [-0.25, -0.2) is 0 Å². The SMILES string of the molecule is CC(C)CN1CCCN(CC(F)(F)F)CC1. The van der Waals surface area contributed by atoms with Crippen LogP contribution in [0.2, 0.25) is 0 Å². The molecule has 0 spiro atoms. The molecule has 0 radical (unpaired) electrons. The van der Waals surface area contributed by atoms with Gasteiger partial charge in [0.25, 0.3) is 0 Å². The van der Waals surface area contributed by atoms with Crippen molar-refractivity contribution in [3.63, 3.8) is 0 Å². The number of halogens is 3. The van der Waals surface area contributed by atoms with Crippen molar-refractivity contribution in [3.05, 3.63) is 0 Å². The van der Waals surface area contributed by atoms with Crippen molar-refractivity contribution in [3.8, 4) is 0 Å². The molecule has 0 aromatic heterocycles. The second-order valence-electron chi connectivity index (χ2n) is 4.94. The molecule has 0 aromatic rings. The first-order valence-electron chi connectivity index (χ1n) is 5.88. The summed E-state index contributed by atoms with van der Waals surface area (Å²) in [5, 5.41) is 0. The van der Waals surface area contributed by atoms with E-state index in [-0.39, 0.29) is 0 Å². The lowest BCUT2D eigenvalue weighted by atomic mass is 10.2. The summed E-state index contributed by atoms with van der Waals surface area (Å²) in [5.41, 5.74) is 0. The summed E-state index contributed by atoms with van der Waals surface area (Å²) >= 11 is 0. The molecule has 0 aliphatic carbocycles. The number of hydrogen-bond acceptors (Lipinski definition) is 2. The minimum atomic E-state index is -4.06. The summed E-state index contributed by atoms with van der Waals surface area (Å²) in [6.45, 7) is 7.28. The molecule has 16 heavy (non-hydrogen) atoms. The highest BCUT2D eigenvalue weighted by molar-refractivity contribution is 4.72. The lowest BCUT2D eigenvalue weighted by Gasteiger charge is -2.23. The third-order valence-corrected chi connectivity index (χ3v) is 2.71. The number of alkyl halides is 3. The summed E-state index contributed by atoms with van der Waals surface area (Å²) in [6.07, 6.45) is -3.23. The molecule has 0 amide bonds. The monoisotopic (exact) mass is 238 g/mol. The van der Waals surface area contributed by atoms with Crippen molar-refractivity contribution >= 4 is 0 Å². The number of rotatable bonds is 3. The highest BCUT2D eigenvalue weighted by Crippen LogP contribution is 2.17. The molecule has 96 valence electrons. The summed E-state index contributed by atoms with van der Waals surface area (Å²) in [5.74, 6) is 0.578. The van der Waals surface area contributed by atoms with Crippen LogP contribution in [-0.2, 0) is 0 Å². The molecule has 2 nitrogen and oxygen atoms in total. The second kappa shape index (κ2) is 5.87. The van der Waals surface area contributed by atoms with E-state index in [0.29, 0.717) is 19.0 Å². The molecular formula is C11H21F3N2. The Balaban J connectivity index is 2.34. The maximum absolute atomic E-state index is 12.2. The molecule has 0 aromatic carbocycles. The van der Waals surface area contributed by atoms with E-state index < -0.39 is 12.7 Å². The van der Waals surface area contributed by atoms with Gasteiger partial charge in [-0.05, 0) is 25.4 Å². The lowest BCUT2D eigenvalue weighted by Crippen LogP contribution is -2.37. The van der Waals surface area contributed by atoms with Crippen LogP contribution < -0.4 is 0 Å². The quantitative estimate of drug-likeness (QED) is 0.744. The van der Waals surface area contributed by atoms with E-state index in [1.807, 2.05) is 0 Å². The fourth-order valence-electron chi connectivity index (χ4n) is 2.14. The Bertz CT molecular complexity index is 204. The molecule has 1 fully saturated rings. The van der Waals surface area contributed by atoms with Gasteiger partial charge in [0.1, 0.15) is 0 Å². The standard InChI is InChI=1S/C11H21F3N2/c1-10(2)8-15-4-3-5-16(7-6-15)9-11(12,13)14/h10H,3-9H2,1-2H3. The van der Waals surface area contributed by atoms with E-state index in [2.05, 4.69) is 18.7 Å². The first-order chi connectivity index (χ1) is 7.37. The molecule has 0 bridgehead atoms. The van der Waals surface area contributed by atoms with E-state index in [1.165, 1.54) is 4.90 Å². The van der Waals surface area contributed by atoms with Crippen LogP contribution in [-0.4, -0.2) is 55.2 Å². The van der Waals surface area contributed by atoms with Crippen LogP contribution in [0.5, 0.6) is 0 Å². The van der Waals surface area contributed by atoms with E-state index in [0.717, 1.165) is 26.1 Å². The summed E-state index contributed by atoms with van der Waals surface area (Å²) in [7, 11) is 0. The van der Waals surface area contributed by atoms with Crippen LogP contribution in [0, 0.1) is 5.92 Å². The molecule has 1 rings (SSSR count). The van der Waals surface area contributed by atoms with Crippen molar-refractivity contribution in [2.75, 3.05) is 39.3 Å². The van der Waals surface area contributed by atoms with Gasteiger partial charge in [0, 0.05) is 19.6 Å². The Kier molecular flexibility index (Phi) is 5.05. The van der Waals surface area contributed by atoms with E-state index >= 15 is 0 Å². The third-order valence-electron chi connectivity index (χ3n) is 2.71. The van der Waals surface area contributed by atoms with Gasteiger partial charge < -0.3 is 4.90 Å². The molecule has 0 unspecified atom stereocenters. The highest BCUT2D eigenvalue weighted by Gasteiger charge is 2.31. The molecule has 1 heterocycles. The lowest BCUT2D eigenvalue weighted by molar-refractivity contribution is -0.145. The first-order valence-corrected chi connectivity index (χ1v) is 5.88. The summed E-state index contributed by atoms with van der Waals surface area (Å²) < 4.78 is 36.7. The largest absolute Gasteiger partial charge is 0.401 e. The Morgan fingerprint density at radius 1 is 1.00 bits per heavy atom. The molecule has 0 saturated carbocycles. The van der Waals surface area contributed by atoms with Crippen molar-refractivity contribution in [1.82, 2.24) is 9.80 Å². The smallest absolute Gasteiger partial charge is 0.302 e. The molecule has 5 heteroatoms. The number of hydrogen-bond donors (Lipinski definition) is 0. The van der Waals surface area contributed by atoms with Crippen LogP contribution in [0.1, 0.15) is 20.3 Å². The summed E-state index contributed by atoms with van der Waals surface area (Å²) in [4.78, 5) is 3.78.